The van der Waals surface area contributed by atoms with Crippen molar-refractivity contribution >= 4 is 21.6 Å². The molecular weight excluding hydrogens is 275 g/mol. The summed E-state index contributed by atoms with van der Waals surface area (Å²) in [5.41, 5.74) is 3.87. The summed E-state index contributed by atoms with van der Waals surface area (Å²) in [6, 6.07) is 8.02. The Kier molecular flexibility index (Phi) is 5.06. The number of benzene rings is 1. The Morgan fingerprint density at radius 1 is 1.27 bits per heavy atom. The van der Waals surface area contributed by atoms with Crippen LogP contribution >= 0.6 is 11.3 Å². The van der Waals surface area contributed by atoms with E-state index in [1.165, 1.54) is 4.70 Å². The maximum absolute atomic E-state index is 4.01. The molecule has 1 heterocycles. The topological polar surface area (TPSA) is 12.9 Å². The number of halogens is 1. The molecule has 0 saturated carbocycles. The van der Waals surface area contributed by atoms with Crippen LogP contribution in [0.2, 0.25) is 0 Å². The van der Waals surface area contributed by atoms with E-state index in [1.807, 2.05) is 24.3 Å². The monoisotopic (exact) mass is 277 g/mol. The third kappa shape index (κ3) is 2.33. The molecule has 53 valence electrons. The van der Waals surface area contributed by atoms with Crippen molar-refractivity contribution in [3.63, 3.8) is 0 Å². The molecule has 0 atom stereocenters. The van der Waals surface area contributed by atoms with Crippen LogP contribution in [0.4, 0.5) is 0 Å². The van der Waals surface area contributed by atoms with Crippen molar-refractivity contribution in [2.24, 2.45) is 0 Å². The summed E-state index contributed by atoms with van der Waals surface area (Å²) in [5.74, 6) is 0. The van der Waals surface area contributed by atoms with E-state index in [9.17, 15) is 0 Å². The molecule has 1 radical (unpaired) electrons. The van der Waals surface area contributed by atoms with Gasteiger partial charge < -0.3 is 17.0 Å². The molecule has 0 unspecified atom stereocenters. The fourth-order valence-corrected chi connectivity index (χ4v) is 1.36. The Balaban J connectivity index is 0.000000500. The molecule has 2 rings (SSSR count). The quantitative estimate of drug-likeness (QED) is 0.570. The summed E-state index contributed by atoms with van der Waals surface area (Å²) >= 11 is 1.55. The molecule has 4 heteroatoms. The molecule has 0 saturated heterocycles. The second-order valence-corrected chi connectivity index (χ2v) is 2.60. The number of nitrogens with zero attached hydrogens (tertiary/aromatic N) is 1. The van der Waals surface area contributed by atoms with Gasteiger partial charge in [0.15, 0.2) is 5.51 Å². The second kappa shape index (κ2) is 4.97. The van der Waals surface area contributed by atoms with Gasteiger partial charge >= 0.3 is 0 Å². The van der Waals surface area contributed by atoms with Crippen molar-refractivity contribution in [3.8, 4) is 0 Å². The Hall–Kier alpha value is 0.213. The van der Waals surface area contributed by atoms with Crippen LogP contribution in [-0.2, 0) is 19.5 Å². The van der Waals surface area contributed by atoms with Crippen LogP contribution in [0, 0.1) is 5.51 Å². The van der Waals surface area contributed by atoms with Crippen molar-refractivity contribution in [2.45, 2.75) is 0 Å². The van der Waals surface area contributed by atoms with E-state index in [-0.39, 0.29) is 36.5 Å². The first-order valence-corrected chi connectivity index (χ1v) is 3.50. The molecule has 11 heavy (non-hydrogen) atoms. The van der Waals surface area contributed by atoms with E-state index in [4.69, 9.17) is 0 Å². The molecule has 1 aromatic heterocycles. The number of aromatic nitrogens is 1. The molecule has 0 bridgehead atoms. The smallest absolute Gasteiger partial charge is 0.153 e. The third-order valence-corrected chi connectivity index (χ3v) is 1.93. The molecule has 0 aliphatic heterocycles. The van der Waals surface area contributed by atoms with E-state index in [0.717, 1.165) is 5.52 Å². The van der Waals surface area contributed by atoms with Gasteiger partial charge in [0.2, 0.25) is 0 Å². The number of fused-ring (bicyclic) bond motifs is 1. The minimum absolute atomic E-state index is 0. The average Bonchev–Trinajstić information content (AvgIpc) is 2.33. The van der Waals surface area contributed by atoms with Crippen molar-refractivity contribution in [1.82, 2.24) is 4.98 Å². The summed E-state index contributed by atoms with van der Waals surface area (Å²) in [6.07, 6.45) is 0. The first-order valence-electron chi connectivity index (χ1n) is 2.68. The molecule has 0 amide bonds. The van der Waals surface area contributed by atoms with Gasteiger partial charge in [-0.15, -0.1) is 11.3 Å². The zero-order chi connectivity index (χ0) is 6.10. The van der Waals surface area contributed by atoms with Gasteiger partial charge in [-0.05, 0) is 12.1 Å². The Morgan fingerprint density at radius 2 is 2.00 bits per heavy atom. The molecule has 0 N–H and O–H groups in total. The molecule has 0 fully saturated rings. The van der Waals surface area contributed by atoms with Gasteiger partial charge in [-0.1, -0.05) is 12.1 Å². The van der Waals surface area contributed by atoms with Gasteiger partial charge in [0.05, 0.1) is 10.2 Å². The second-order valence-electron chi connectivity index (χ2n) is 1.77. The van der Waals surface area contributed by atoms with Crippen LogP contribution in [0.15, 0.2) is 24.3 Å². The van der Waals surface area contributed by atoms with Crippen LogP contribution in [0.5, 0.6) is 0 Å². The number of thiazole rings is 1. The molecule has 1 aromatic carbocycles. The maximum Gasteiger partial charge on any atom is 0.153 e. The van der Waals surface area contributed by atoms with Gasteiger partial charge in [-0.3, -0.25) is 0 Å². The van der Waals surface area contributed by atoms with Gasteiger partial charge in [0, 0.05) is 19.5 Å². The van der Waals surface area contributed by atoms with Crippen molar-refractivity contribution in [3.05, 3.63) is 29.8 Å². The van der Waals surface area contributed by atoms with E-state index in [2.05, 4.69) is 10.5 Å². The standard InChI is InChI=1S/C7H4NS.BrH.Zn/c1-2-4-7-6(3-1)8-5-9-7;;/h1-4H;1H;/p-1. The normalized spacial score (nSPS) is 8.36. The van der Waals surface area contributed by atoms with Crippen LogP contribution in [-0.4, -0.2) is 4.98 Å². The molecular formula is C7H4BrNSZn-. The summed E-state index contributed by atoms with van der Waals surface area (Å²) < 4.78 is 1.21. The summed E-state index contributed by atoms with van der Waals surface area (Å²) in [5, 5.41) is 0. The molecule has 0 spiro atoms. The SMILES string of the molecule is [Br-].[Zn].[c]1nc2ccccc2s1. The van der Waals surface area contributed by atoms with Crippen LogP contribution in [0.1, 0.15) is 0 Å². The molecule has 0 aliphatic carbocycles. The fourth-order valence-electron chi connectivity index (χ4n) is 0.757. The number of rotatable bonds is 0. The zero-order valence-electron chi connectivity index (χ0n) is 5.75. The maximum atomic E-state index is 4.01. The van der Waals surface area contributed by atoms with Gasteiger partial charge in [-0.2, -0.15) is 0 Å². The largest absolute Gasteiger partial charge is 1.00 e. The number of para-hydroxylation sites is 1. The van der Waals surface area contributed by atoms with Crippen LogP contribution in [0.3, 0.4) is 0 Å². The summed E-state index contributed by atoms with van der Waals surface area (Å²) in [4.78, 5) is 4.01. The third-order valence-electron chi connectivity index (χ3n) is 1.19. The van der Waals surface area contributed by atoms with Crippen molar-refractivity contribution < 1.29 is 36.5 Å². The summed E-state index contributed by atoms with van der Waals surface area (Å²) in [7, 11) is 0. The molecule has 1 nitrogen and oxygen atoms in total. The minimum Gasteiger partial charge on any atom is -1.00 e. The van der Waals surface area contributed by atoms with Gasteiger partial charge in [-0.25, -0.2) is 4.98 Å². The van der Waals surface area contributed by atoms with Crippen LogP contribution < -0.4 is 17.0 Å². The van der Waals surface area contributed by atoms with Crippen molar-refractivity contribution in [1.29, 1.82) is 0 Å². The van der Waals surface area contributed by atoms with E-state index >= 15 is 0 Å². The van der Waals surface area contributed by atoms with E-state index in [0.29, 0.717) is 0 Å². The molecule has 0 aliphatic rings. The first-order chi connectivity index (χ1) is 4.47. The average molecular weight is 279 g/mol. The Labute approximate surface area is 92.4 Å². The fraction of sp³-hybridized carbons (Fsp3) is 0. The van der Waals surface area contributed by atoms with E-state index < -0.39 is 0 Å². The predicted molar refractivity (Wildman–Crippen MR) is 38.5 cm³/mol. The van der Waals surface area contributed by atoms with Crippen molar-refractivity contribution in [2.75, 3.05) is 0 Å². The predicted octanol–water partition coefficient (Wildman–Crippen LogP) is -0.902. The first kappa shape index (κ1) is 11.2. The minimum atomic E-state index is 0. The Morgan fingerprint density at radius 3 is 2.73 bits per heavy atom. The molecule has 2 aromatic rings. The van der Waals surface area contributed by atoms with Gasteiger partial charge in [0.25, 0.3) is 0 Å². The van der Waals surface area contributed by atoms with Gasteiger partial charge in [0.1, 0.15) is 0 Å². The Bertz CT molecular complexity index is 292. The number of hydrogen-bond donors (Lipinski definition) is 0. The van der Waals surface area contributed by atoms with Crippen LogP contribution in [0.25, 0.3) is 10.2 Å². The number of hydrogen-bond acceptors (Lipinski definition) is 2. The van der Waals surface area contributed by atoms with E-state index in [1.54, 1.807) is 11.3 Å². The summed E-state index contributed by atoms with van der Waals surface area (Å²) in [6.45, 7) is 0. The zero-order valence-corrected chi connectivity index (χ0v) is 11.1.